The van der Waals surface area contributed by atoms with Gasteiger partial charge < -0.3 is 0 Å². The number of hydrogen-bond acceptors (Lipinski definition) is 1. The number of fused-ring (bicyclic) bond motifs is 1. The summed E-state index contributed by atoms with van der Waals surface area (Å²) in [7, 11) is 0. The topological polar surface area (TPSA) is 0 Å². The summed E-state index contributed by atoms with van der Waals surface area (Å²) in [6, 6.07) is 20.2. The van der Waals surface area contributed by atoms with E-state index in [0.717, 1.165) is 0 Å². The molecular weight excluding hydrogens is 296 g/mol. The fourth-order valence-corrected chi connectivity index (χ4v) is 5.34. The van der Waals surface area contributed by atoms with Crippen LogP contribution in [0.4, 0.5) is 0 Å². The van der Waals surface area contributed by atoms with E-state index in [2.05, 4.69) is 80.2 Å². The Kier molecular flexibility index (Phi) is 5.48. The summed E-state index contributed by atoms with van der Waals surface area (Å²) in [5, 5.41) is 0. The maximum Gasteiger partial charge on any atom is 0.0110 e. The number of thioether (sulfide) groups is 1. The van der Waals surface area contributed by atoms with E-state index >= 15 is 0 Å². The van der Waals surface area contributed by atoms with Crippen molar-refractivity contribution >= 4 is 11.8 Å². The van der Waals surface area contributed by atoms with Crippen LogP contribution >= 0.6 is 11.8 Å². The maximum atomic E-state index is 2.40. The van der Waals surface area contributed by atoms with Gasteiger partial charge in [0.1, 0.15) is 0 Å². The molecule has 0 aliphatic carbocycles. The van der Waals surface area contributed by atoms with Gasteiger partial charge in [0.2, 0.25) is 0 Å². The number of benzene rings is 2. The molecule has 1 heteroatoms. The van der Waals surface area contributed by atoms with Gasteiger partial charge in [-0.15, -0.1) is 11.8 Å². The molecule has 0 amide bonds. The van der Waals surface area contributed by atoms with Crippen LogP contribution in [0.25, 0.3) is 0 Å². The molecule has 2 aromatic carbocycles. The van der Waals surface area contributed by atoms with Gasteiger partial charge in [-0.1, -0.05) is 75.2 Å². The molecule has 1 aliphatic heterocycles. The van der Waals surface area contributed by atoms with Gasteiger partial charge in [0.15, 0.2) is 0 Å². The van der Waals surface area contributed by atoms with Crippen LogP contribution in [0.2, 0.25) is 0 Å². The second-order valence-corrected chi connectivity index (χ2v) is 7.97. The number of rotatable bonds is 5. The molecule has 0 unspecified atom stereocenters. The third-order valence-electron chi connectivity index (χ3n) is 5.48. The van der Waals surface area contributed by atoms with E-state index in [1.165, 1.54) is 53.9 Å². The standard InChI is InChI=1S/C22H28S/c1-3-5-15-22(4-2)16-20(18-11-7-6-8-12-18)19-13-9-10-14-21(19)23-17-22/h6-14,20H,3-5,15-17H2,1-2H3/t20-,22-/m0/s1. The largest absolute Gasteiger partial charge is 0.125 e. The SMILES string of the molecule is CCCC[C@]1(CC)CSc2ccccc2[C@H](c2ccccc2)C1. The number of hydrogen-bond donors (Lipinski definition) is 0. The molecule has 0 bridgehead atoms. The summed E-state index contributed by atoms with van der Waals surface area (Å²) in [4.78, 5) is 1.49. The summed E-state index contributed by atoms with van der Waals surface area (Å²) in [6.07, 6.45) is 6.60. The van der Waals surface area contributed by atoms with Crippen LogP contribution in [-0.2, 0) is 0 Å². The van der Waals surface area contributed by atoms with E-state index in [1.807, 2.05) is 0 Å². The van der Waals surface area contributed by atoms with E-state index in [1.54, 1.807) is 0 Å². The predicted molar refractivity (Wildman–Crippen MR) is 102 cm³/mol. The molecule has 0 fully saturated rings. The molecule has 23 heavy (non-hydrogen) atoms. The quantitative estimate of drug-likeness (QED) is 0.576. The van der Waals surface area contributed by atoms with E-state index in [9.17, 15) is 0 Å². The molecule has 1 heterocycles. The Morgan fingerprint density at radius 3 is 2.48 bits per heavy atom. The lowest BCUT2D eigenvalue weighted by Crippen LogP contribution is -2.25. The molecule has 0 saturated heterocycles. The molecule has 0 saturated carbocycles. The van der Waals surface area contributed by atoms with Gasteiger partial charge in [-0.05, 0) is 41.9 Å². The summed E-state index contributed by atoms with van der Waals surface area (Å²) in [6.45, 7) is 4.71. The molecule has 0 nitrogen and oxygen atoms in total. The van der Waals surface area contributed by atoms with Crippen LogP contribution in [-0.4, -0.2) is 5.75 Å². The average Bonchev–Trinajstić information content (AvgIpc) is 2.79. The third kappa shape index (κ3) is 3.66. The van der Waals surface area contributed by atoms with Crippen molar-refractivity contribution in [2.45, 2.75) is 56.8 Å². The van der Waals surface area contributed by atoms with Gasteiger partial charge in [0, 0.05) is 16.6 Å². The monoisotopic (exact) mass is 324 g/mol. The van der Waals surface area contributed by atoms with Crippen molar-refractivity contribution in [3.63, 3.8) is 0 Å². The highest BCUT2D eigenvalue weighted by Gasteiger charge is 2.35. The first-order valence-corrected chi connectivity index (χ1v) is 10.0. The minimum absolute atomic E-state index is 0.472. The summed E-state index contributed by atoms with van der Waals surface area (Å²) >= 11 is 2.09. The number of unbranched alkanes of at least 4 members (excludes halogenated alkanes) is 1. The van der Waals surface area contributed by atoms with Crippen molar-refractivity contribution in [2.75, 3.05) is 5.75 Å². The van der Waals surface area contributed by atoms with Crippen LogP contribution in [0.3, 0.4) is 0 Å². The van der Waals surface area contributed by atoms with E-state index in [4.69, 9.17) is 0 Å². The Morgan fingerprint density at radius 2 is 1.74 bits per heavy atom. The highest BCUT2D eigenvalue weighted by atomic mass is 32.2. The first-order chi connectivity index (χ1) is 11.3. The summed E-state index contributed by atoms with van der Waals surface area (Å²) < 4.78 is 0. The Morgan fingerprint density at radius 1 is 1.00 bits per heavy atom. The van der Waals surface area contributed by atoms with Crippen molar-refractivity contribution in [3.8, 4) is 0 Å². The molecule has 122 valence electrons. The van der Waals surface area contributed by atoms with Crippen LogP contribution in [0.15, 0.2) is 59.5 Å². The van der Waals surface area contributed by atoms with Gasteiger partial charge in [-0.2, -0.15) is 0 Å². The average molecular weight is 325 g/mol. The van der Waals surface area contributed by atoms with Gasteiger partial charge in [0.25, 0.3) is 0 Å². The molecule has 3 rings (SSSR count). The van der Waals surface area contributed by atoms with Gasteiger partial charge in [0.05, 0.1) is 0 Å². The summed E-state index contributed by atoms with van der Waals surface area (Å²) in [5.41, 5.74) is 3.49. The fourth-order valence-electron chi connectivity index (χ4n) is 3.86. The zero-order chi connectivity index (χ0) is 16.1. The Balaban J connectivity index is 2.01. The molecule has 0 aromatic heterocycles. The van der Waals surface area contributed by atoms with E-state index in [0.29, 0.717) is 11.3 Å². The highest BCUT2D eigenvalue weighted by Crippen LogP contribution is 2.50. The lowest BCUT2D eigenvalue weighted by atomic mass is 9.71. The van der Waals surface area contributed by atoms with Crippen molar-refractivity contribution in [1.82, 2.24) is 0 Å². The first-order valence-electron chi connectivity index (χ1n) is 9.04. The second-order valence-electron chi connectivity index (χ2n) is 6.95. The lowest BCUT2D eigenvalue weighted by molar-refractivity contribution is 0.251. The normalized spacial score (nSPS) is 24.0. The van der Waals surface area contributed by atoms with Gasteiger partial charge in [-0.3, -0.25) is 0 Å². The molecule has 2 atom stereocenters. The molecule has 0 radical (unpaired) electrons. The maximum absolute atomic E-state index is 2.40. The fraction of sp³-hybridized carbons (Fsp3) is 0.455. The minimum Gasteiger partial charge on any atom is -0.125 e. The van der Waals surface area contributed by atoms with E-state index < -0.39 is 0 Å². The minimum atomic E-state index is 0.472. The predicted octanol–water partition coefficient (Wildman–Crippen LogP) is 6.90. The first kappa shape index (κ1) is 16.6. The molecule has 2 aromatic rings. The van der Waals surface area contributed by atoms with Crippen LogP contribution < -0.4 is 0 Å². The highest BCUT2D eigenvalue weighted by molar-refractivity contribution is 7.99. The van der Waals surface area contributed by atoms with Crippen molar-refractivity contribution in [1.29, 1.82) is 0 Å². The zero-order valence-corrected chi connectivity index (χ0v) is 15.2. The van der Waals surface area contributed by atoms with Crippen molar-refractivity contribution in [3.05, 3.63) is 65.7 Å². The lowest BCUT2D eigenvalue weighted by Gasteiger charge is -2.34. The Labute approximate surface area is 145 Å². The molecular formula is C22H28S. The zero-order valence-electron chi connectivity index (χ0n) is 14.4. The second kappa shape index (κ2) is 7.57. The smallest absolute Gasteiger partial charge is 0.0110 e. The van der Waals surface area contributed by atoms with Crippen LogP contribution in [0.5, 0.6) is 0 Å². The van der Waals surface area contributed by atoms with Crippen LogP contribution in [0.1, 0.15) is 63.0 Å². The van der Waals surface area contributed by atoms with Gasteiger partial charge >= 0.3 is 0 Å². The molecule has 0 spiro atoms. The third-order valence-corrected chi connectivity index (χ3v) is 6.92. The van der Waals surface area contributed by atoms with Crippen molar-refractivity contribution in [2.24, 2.45) is 5.41 Å². The Hall–Kier alpha value is -1.21. The molecule has 1 aliphatic rings. The van der Waals surface area contributed by atoms with Gasteiger partial charge in [-0.25, -0.2) is 0 Å². The van der Waals surface area contributed by atoms with E-state index in [-0.39, 0.29) is 0 Å². The van der Waals surface area contributed by atoms with Crippen LogP contribution in [0, 0.1) is 5.41 Å². The summed E-state index contributed by atoms with van der Waals surface area (Å²) in [5.74, 6) is 1.81. The van der Waals surface area contributed by atoms with Crippen molar-refractivity contribution < 1.29 is 0 Å². The molecule has 0 N–H and O–H groups in total. The Bertz CT molecular complexity index is 619.